The second-order valence-electron chi connectivity index (χ2n) is 7.20. The Morgan fingerprint density at radius 1 is 1.18 bits per heavy atom. The van der Waals surface area contributed by atoms with Crippen LogP contribution < -0.4 is 9.64 Å². The van der Waals surface area contributed by atoms with Crippen molar-refractivity contribution in [1.29, 1.82) is 5.26 Å². The molecule has 4 rings (SSSR count). The van der Waals surface area contributed by atoms with Crippen LogP contribution >= 0.6 is 0 Å². The lowest BCUT2D eigenvalue weighted by Crippen LogP contribution is -2.34. The third-order valence-corrected chi connectivity index (χ3v) is 5.47. The van der Waals surface area contributed by atoms with E-state index in [1.165, 1.54) is 0 Å². The molecule has 1 saturated heterocycles. The molecule has 3 aromatic rings. The van der Waals surface area contributed by atoms with Gasteiger partial charge in [0.05, 0.1) is 29.9 Å². The summed E-state index contributed by atoms with van der Waals surface area (Å²) in [5.41, 5.74) is 3.99. The molecular weight excluding hydrogens is 352 g/mol. The first-order chi connectivity index (χ1) is 13.6. The molecule has 0 aliphatic carbocycles. The molecule has 7 heteroatoms. The number of piperidine rings is 1. The molecule has 7 nitrogen and oxygen atoms in total. The molecule has 0 amide bonds. The fourth-order valence-electron chi connectivity index (χ4n) is 3.95. The van der Waals surface area contributed by atoms with Gasteiger partial charge in [0.15, 0.2) is 6.19 Å². The maximum Gasteiger partial charge on any atom is 0.189 e. The van der Waals surface area contributed by atoms with Gasteiger partial charge in [0.2, 0.25) is 0 Å². The first-order valence-corrected chi connectivity index (χ1v) is 9.50. The first kappa shape index (κ1) is 18.1. The molecular formula is C21H24N6O. The van der Waals surface area contributed by atoms with Crippen LogP contribution in [0.15, 0.2) is 36.7 Å². The van der Waals surface area contributed by atoms with Crippen molar-refractivity contribution in [3.63, 3.8) is 0 Å². The number of nitrogens with zero attached hydrogens (tertiary/aromatic N) is 6. The van der Waals surface area contributed by atoms with E-state index in [-0.39, 0.29) is 0 Å². The van der Waals surface area contributed by atoms with Crippen molar-refractivity contribution in [2.75, 3.05) is 25.1 Å². The Kier molecular flexibility index (Phi) is 4.78. The summed E-state index contributed by atoms with van der Waals surface area (Å²) in [6, 6.07) is 10.1. The number of rotatable bonds is 4. The van der Waals surface area contributed by atoms with Crippen LogP contribution in [-0.4, -0.2) is 39.5 Å². The molecule has 1 aliphatic heterocycles. The van der Waals surface area contributed by atoms with E-state index >= 15 is 0 Å². The van der Waals surface area contributed by atoms with Crippen molar-refractivity contribution in [1.82, 2.24) is 19.3 Å². The maximum atomic E-state index is 9.15. The van der Waals surface area contributed by atoms with Gasteiger partial charge in [0.1, 0.15) is 17.9 Å². The minimum Gasteiger partial charge on any atom is -0.497 e. The Hall–Kier alpha value is -3.27. The number of benzene rings is 1. The Morgan fingerprint density at radius 2 is 1.96 bits per heavy atom. The number of ether oxygens (including phenoxy) is 1. The van der Waals surface area contributed by atoms with Crippen LogP contribution in [0.5, 0.6) is 5.75 Å². The van der Waals surface area contributed by atoms with Crippen LogP contribution in [0.4, 0.5) is 5.82 Å². The Balaban J connectivity index is 1.55. The standard InChI is InChI=1S/C21H24N6O/c1-15-11-20(27(24-15)18-5-4-6-19(12-18)28-3)25-9-7-17(8-10-25)21-16(2)26(13-22)14-23-21/h4-6,11-12,14,17H,7-10H2,1-3H3. The first-order valence-electron chi connectivity index (χ1n) is 9.50. The van der Waals surface area contributed by atoms with Gasteiger partial charge in [-0.25, -0.2) is 14.2 Å². The van der Waals surface area contributed by atoms with E-state index in [1.807, 2.05) is 42.8 Å². The van der Waals surface area contributed by atoms with E-state index in [9.17, 15) is 0 Å². The summed E-state index contributed by atoms with van der Waals surface area (Å²) >= 11 is 0. The average Bonchev–Trinajstić information content (AvgIpc) is 3.30. The minimum absolute atomic E-state index is 0.389. The van der Waals surface area contributed by atoms with Crippen molar-refractivity contribution in [3.8, 4) is 17.6 Å². The summed E-state index contributed by atoms with van der Waals surface area (Å²) in [6.07, 6.45) is 5.78. The number of hydrogen-bond acceptors (Lipinski definition) is 5. The van der Waals surface area contributed by atoms with Gasteiger partial charge in [-0.15, -0.1) is 0 Å². The summed E-state index contributed by atoms with van der Waals surface area (Å²) in [7, 11) is 1.68. The molecule has 0 unspecified atom stereocenters. The van der Waals surface area contributed by atoms with E-state index in [0.717, 1.165) is 60.3 Å². The molecule has 144 valence electrons. The number of aryl methyl sites for hydroxylation is 1. The lowest BCUT2D eigenvalue weighted by molar-refractivity contribution is 0.414. The van der Waals surface area contributed by atoms with Crippen LogP contribution in [0.1, 0.15) is 35.8 Å². The summed E-state index contributed by atoms with van der Waals surface area (Å²) in [5.74, 6) is 2.31. The molecule has 0 radical (unpaired) electrons. The van der Waals surface area contributed by atoms with Crippen molar-refractivity contribution in [2.45, 2.75) is 32.6 Å². The van der Waals surface area contributed by atoms with Crippen LogP contribution in [0.3, 0.4) is 0 Å². The number of nitriles is 1. The molecule has 0 saturated carbocycles. The minimum atomic E-state index is 0.389. The summed E-state index contributed by atoms with van der Waals surface area (Å²) in [4.78, 5) is 6.87. The third-order valence-electron chi connectivity index (χ3n) is 5.47. The topological polar surface area (TPSA) is 71.9 Å². The highest BCUT2D eigenvalue weighted by molar-refractivity contribution is 5.50. The molecule has 2 aromatic heterocycles. The second kappa shape index (κ2) is 7.39. The van der Waals surface area contributed by atoms with E-state index < -0.39 is 0 Å². The normalized spacial score (nSPS) is 14.9. The highest BCUT2D eigenvalue weighted by Crippen LogP contribution is 2.32. The number of hydrogen-bond donors (Lipinski definition) is 0. The Labute approximate surface area is 164 Å². The second-order valence-corrected chi connectivity index (χ2v) is 7.20. The van der Waals surface area contributed by atoms with Gasteiger partial charge in [0.25, 0.3) is 0 Å². The van der Waals surface area contributed by atoms with Crippen LogP contribution in [-0.2, 0) is 0 Å². The van der Waals surface area contributed by atoms with Gasteiger partial charge in [-0.1, -0.05) is 6.07 Å². The molecule has 0 N–H and O–H groups in total. The van der Waals surface area contributed by atoms with Gasteiger partial charge < -0.3 is 9.64 Å². The van der Waals surface area contributed by atoms with Crippen molar-refractivity contribution < 1.29 is 4.74 Å². The average molecular weight is 376 g/mol. The fourth-order valence-corrected chi connectivity index (χ4v) is 3.95. The lowest BCUT2D eigenvalue weighted by atomic mass is 9.92. The Morgan fingerprint density at radius 3 is 2.64 bits per heavy atom. The summed E-state index contributed by atoms with van der Waals surface area (Å²) < 4.78 is 8.91. The maximum absolute atomic E-state index is 9.15. The van der Waals surface area contributed by atoms with E-state index in [1.54, 1.807) is 18.0 Å². The SMILES string of the molecule is COc1cccc(-n2nc(C)cc2N2CCC(c3ncn(C#N)c3C)CC2)c1. The zero-order valence-corrected chi connectivity index (χ0v) is 16.5. The predicted octanol–water partition coefficient (Wildman–Crippen LogP) is 3.41. The van der Waals surface area contributed by atoms with Gasteiger partial charge >= 0.3 is 0 Å². The van der Waals surface area contributed by atoms with E-state index in [2.05, 4.69) is 22.1 Å². The molecule has 1 fully saturated rings. The number of aromatic nitrogens is 4. The van der Waals surface area contributed by atoms with E-state index in [4.69, 9.17) is 15.1 Å². The molecule has 0 spiro atoms. The van der Waals surface area contributed by atoms with Gasteiger partial charge in [0, 0.05) is 31.1 Å². The molecule has 3 heterocycles. The van der Waals surface area contributed by atoms with Gasteiger partial charge in [-0.3, -0.25) is 0 Å². The third kappa shape index (κ3) is 3.22. The van der Waals surface area contributed by atoms with Crippen LogP contribution in [0.25, 0.3) is 5.69 Å². The number of imidazole rings is 1. The molecule has 28 heavy (non-hydrogen) atoms. The summed E-state index contributed by atoms with van der Waals surface area (Å²) in [5, 5.41) is 13.9. The fraction of sp³-hybridized carbons (Fsp3) is 0.381. The highest BCUT2D eigenvalue weighted by atomic mass is 16.5. The Bertz CT molecular complexity index is 1020. The highest BCUT2D eigenvalue weighted by Gasteiger charge is 2.26. The smallest absolute Gasteiger partial charge is 0.189 e. The molecule has 1 aliphatic rings. The van der Waals surface area contributed by atoms with E-state index in [0.29, 0.717) is 5.92 Å². The quantitative estimate of drug-likeness (QED) is 0.698. The summed E-state index contributed by atoms with van der Waals surface area (Å²) in [6.45, 7) is 5.85. The van der Waals surface area contributed by atoms with Crippen LogP contribution in [0.2, 0.25) is 0 Å². The predicted molar refractivity (Wildman–Crippen MR) is 107 cm³/mol. The molecule has 0 atom stereocenters. The van der Waals surface area contributed by atoms with Gasteiger partial charge in [-0.2, -0.15) is 10.4 Å². The van der Waals surface area contributed by atoms with Gasteiger partial charge in [-0.05, 0) is 38.8 Å². The van der Waals surface area contributed by atoms with Crippen molar-refractivity contribution in [2.24, 2.45) is 0 Å². The monoisotopic (exact) mass is 376 g/mol. The number of anilines is 1. The lowest BCUT2D eigenvalue weighted by Gasteiger charge is -2.33. The zero-order chi connectivity index (χ0) is 19.7. The van der Waals surface area contributed by atoms with Crippen molar-refractivity contribution in [3.05, 3.63) is 53.7 Å². The van der Waals surface area contributed by atoms with Crippen LogP contribution in [0, 0.1) is 25.3 Å². The largest absolute Gasteiger partial charge is 0.497 e. The number of methoxy groups -OCH3 is 1. The van der Waals surface area contributed by atoms with Crippen molar-refractivity contribution >= 4 is 5.82 Å². The molecule has 0 bridgehead atoms. The molecule has 1 aromatic carbocycles. The zero-order valence-electron chi connectivity index (χ0n) is 16.5.